The Balaban J connectivity index is 2.02. The maximum absolute atomic E-state index is 11.3. The van der Waals surface area contributed by atoms with Crippen LogP contribution in [0.4, 0.5) is 0 Å². The number of nitrogens with one attached hydrogen (secondary N) is 1. The largest absolute Gasteiger partial charge is 0.351 e. The maximum atomic E-state index is 11.3. The lowest BCUT2D eigenvalue weighted by molar-refractivity contribution is -0.116. The molecule has 1 aliphatic rings. The standard InChI is InChI=1S/C15H19NOS/c1-2-14(17)16-12-15(10-6-7-11-15)18-13-8-4-3-5-9-13/h2-5,8-9H,1,6-7,10-12H2,(H,16,17). The number of thioether (sulfide) groups is 1. The van der Waals surface area contributed by atoms with Crippen LogP contribution in [-0.2, 0) is 4.79 Å². The van der Waals surface area contributed by atoms with E-state index < -0.39 is 0 Å². The molecule has 0 aromatic heterocycles. The van der Waals surface area contributed by atoms with Gasteiger partial charge in [-0.15, -0.1) is 11.8 Å². The SMILES string of the molecule is C=CC(=O)NCC1(Sc2ccccc2)CCCC1. The number of hydrogen-bond donors (Lipinski definition) is 1. The molecule has 2 rings (SSSR count). The summed E-state index contributed by atoms with van der Waals surface area (Å²) in [5.41, 5.74) is 0. The van der Waals surface area contributed by atoms with Crippen LogP contribution in [0.3, 0.4) is 0 Å². The van der Waals surface area contributed by atoms with E-state index >= 15 is 0 Å². The second kappa shape index (κ2) is 6.10. The Kier molecular flexibility index (Phi) is 4.48. The minimum Gasteiger partial charge on any atom is -0.351 e. The molecule has 0 atom stereocenters. The first-order valence-electron chi connectivity index (χ1n) is 6.38. The Bertz CT molecular complexity index is 410. The molecular weight excluding hydrogens is 242 g/mol. The van der Waals surface area contributed by atoms with E-state index in [1.54, 1.807) is 0 Å². The Morgan fingerprint density at radius 1 is 1.33 bits per heavy atom. The average Bonchev–Trinajstić information content (AvgIpc) is 2.86. The summed E-state index contributed by atoms with van der Waals surface area (Å²) in [6, 6.07) is 10.4. The van der Waals surface area contributed by atoms with Crippen LogP contribution in [-0.4, -0.2) is 17.2 Å². The van der Waals surface area contributed by atoms with Crippen molar-refractivity contribution < 1.29 is 4.79 Å². The topological polar surface area (TPSA) is 29.1 Å². The first kappa shape index (κ1) is 13.2. The molecule has 1 aliphatic carbocycles. The van der Waals surface area contributed by atoms with Gasteiger partial charge in [-0.2, -0.15) is 0 Å². The molecular formula is C15H19NOS. The molecule has 3 heteroatoms. The zero-order valence-corrected chi connectivity index (χ0v) is 11.3. The molecule has 1 saturated carbocycles. The fraction of sp³-hybridized carbons (Fsp3) is 0.400. The molecule has 96 valence electrons. The van der Waals surface area contributed by atoms with Crippen molar-refractivity contribution in [2.75, 3.05) is 6.54 Å². The molecule has 1 N–H and O–H groups in total. The maximum Gasteiger partial charge on any atom is 0.243 e. The highest BCUT2D eigenvalue weighted by Crippen LogP contribution is 2.44. The van der Waals surface area contributed by atoms with Crippen LogP contribution < -0.4 is 5.32 Å². The van der Waals surface area contributed by atoms with Crippen molar-refractivity contribution in [2.24, 2.45) is 0 Å². The fourth-order valence-electron chi connectivity index (χ4n) is 2.39. The van der Waals surface area contributed by atoms with Crippen molar-refractivity contribution in [1.29, 1.82) is 0 Å². The van der Waals surface area contributed by atoms with Gasteiger partial charge in [0.2, 0.25) is 5.91 Å². The molecule has 0 bridgehead atoms. The van der Waals surface area contributed by atoms with Gasteiger partial charge in [-0.05, 0) is 31.1 Å². The van der Waals surface area contributed by atoms with Gasteiger partial charge >= 0.3 is 0 Å². The van der Waals surface area contributed by atoms with Crippen molar-refractivity contribution in [3.05, 3.63) is 43.0 Å². The van der Waals surface area contributed by atoms with Crippen LogP contribution in [0.2, 0.25) is 0 Å². The third-order valence-corrected chi connectivity index (χ3v) is 4.86. The summed E-state index contributed by atoms with van der Waals surface area (Å²) in [7, 11) is 0. The molecule has 0 saturated heterocycles. The van der Waals surface area contributed by atoms with Crippen LogP contribution in [0.5, 0.6) is 0 Å². The third-order valence-electron chi connectivity index (χ3n) is 3.36. The predicted molar refractivity (Wildman–Crippen MR) is 76.7 cm³/mol. The quantitative estimate of drug-likeness (QED) is 0.823. The lowest BCUT2D eigenvalue weighted by Crippen LogP contribution is -2.37. The first-order chi connectivity index (χ1) is 8.74. The summed E-state index contributed by atoms with van der Waals surface area (Å²) in [5.74, 6) is -0.0741. The van der Waals surface area contributed by atoms with Gasteiger partial charge in [0.05, 0.1) is 0 Å². The number of benzene rings is 1. The van der Waals surface area contributed by atoms with Crippen LogP contribution in [0, 0.1) is 0 Å². The van der Waals surface area contributed by atoms with E-state index in [1.165, 1.54) is 36.7 Å². The van der Waals surface area contributed by atoms with Gasteiger partial charge in [-0.25, -0.2) is 0 Å². The second-order valence-corrected chi connectivity index (χ2v) is 6.27. The van der Waals surface area contributed by atoms with Gasteiger partial charge in [0.15, 0.2) is 0 Å². The van der Waals surface area contributed by atoms with Gasteiger partial charge < -0.3 is 5.32 Å². The van der Waals surface area contributed by atoms with Gasteiger partial charge in [-0.1, -0.05) is 37.6 Å². The molecule has 1 amide bonds. The number of carbonyl (C=O) groups is 1. The van der Waals surface area contributed by atoms with E-state index in [4.69, 9.17) is 0 Å². The molecule has 1 fully saturated rings. The molecule has 0 unspecified atom stereocenters. The Hall–Kier alpha value is -1.22. The van der Waals surface area contributed by atoms with E-state index in [0.29, 0.717) is 0 Å². The van der Waals surface area contributed by atoms with Gasteiger partial charge in [0, 0.05) is 16.2 Å². The van der Waals surface area contributed by atoms with Crippen LogP contribution in [0.15, 0.2) is 47.9 Å². The van der Waals surface area contributed by atoms with Gasteiger partial charge in [0.25, 0.3) is 0 Å². The van der Waals surface area contributed by atoms with E-state index in [0.717, 1.165) is 6.54 Å². The van der Waals surface area contributed by atoms with Gasteiger partial charge in [0.1, 0.15) is 0 Å². The minimum atomic E-state index is -0.0741. The van der Waals surface area contributed by atoms with Gasteiger partial charge in [-0.3, -0.25) is 4.79 Å². The number of carbonyl (C=O) groups excluding carboxylic acids is 1. The van der Waals surface area contributed by atoms with Crippen LogP contribution in [0.25, 0.3) is 0 Å². The molecule has 0 heterocycles. The first-order valence-corrected chi connectivity index (χ1v) is 7.20. The smallest absolute Gasteiger partial charge is 0.243 e. The highest BCUT2D eigenvalue weighted by atomic mass is 32.2. The molecule has 1 aromatic rings. The number of rotatable bonds is 5. The number of amides is 1. The van der Waals surface area contributed by atoms with Crippen molar-refractivity contribution in [2.45, 2.75) is 35.3 Å². The second-order valence-electron chi connectivity index (χ2n) is 4.73. The predicted octanol–water partition coefficient (Wildman–Crippen LogP) is 3.39. The average molecular weight is 261 g/mol. The van der Waals surface area contributed by atoms with Crippen molar-refractivity contribution >= 4 is 17.7 Å². The Morgan fingerprint density at radius 3 is 2.61 bits per heavy atom. The zero-order valence-electron chi connectivity index (χ0n) is 10.5. The van der Waals surface area contributed by atoms with E-state index in [-0.39, 0.29) is 10.7 Å². The highest BCUT2D eigenvalue weighted by Gasteiger charge is 2.35. The molecule has 0 spiro atoms. The molecule has 1 aromatic carbocycles. The van der Waals surface area contributed by atoms with Crippen LogP contribution in [0.1, 0.15) is 25.7 Å². The van der Waals surface area contributed by atoms with Crippen molar-refractivity contribution in [3.63, 3.8) is 0 Å². The summed E-state index contributed by atoms with van der Waals surface area (Å²) < 4.78 is 0.167. The zero-order chi connectivity index (χ0) is 12.8. The lowest BCUT2D eigenvalue weighted by atomic mass is 10.1. The molecule has 0 aliphatic heterocycles. The Morgan fingerprint density at radius 2 is 2.00 bits per heavy atom. The molecule has 18 heavy (non-hydrogen) atoms. The van der Waals surface area contributed by atoms with E-state index in [9.17, 15) is 4.79 Å². The summed E-state index contributed by atoms with van der Waals surface area (Å²) in [5, 5.41) is 2.96. The summed E-state index contributed by atoms with van der Waals surface area (Å²) in [6.07, 6.45) is 6.19. The third kappa shape index (κ3) is 3.39. The molecule has 0 radical (unpaired) electrons. The van der Waals surface area contributed by atoms with Crippen molar-refractivity contribution in [3.8, 4) is 0 Å². The summed E-state index contributed by atoms with van der Waals surface area (Å²) in [4.78, 5) is 12.6. The normalized spacial score (nSPS) is 17.3. The fourth-order valence-corrected chi connectivity index (χ4v) is 3.82. The monoisotopic (exact) mass is 261 g/mol. The molecule has 2 nitrogen and oxygen atoms in total. The summed E-state index contributed by atoms with van der Waals surface area (Å²) in [6.45, 7) is 4.23. The highest BCUT2D eigenvalue weighted by molar-refractivity contribution is 8.00. The summed E-state index contributed by atoms with van der Waals surface area (Å²) >= 11 is 1.90. The lowest BCUT2D eigenvalue weighted by Gasteiger charge is -2.28. The number of hydrogen-bond acceptors (Lipinski definition) is 2. The van der Waals surface area contributed by atoms with E-state index in [2.05, 4.69) is 36.2 Å². The van der Waals surface area contributed by atoms with Crippen LogP contribution >= 0.6 is 11.8 Å². The van der Waals surface area contributed by atoms with Crippen molar-refractivity contribution in [1.82, 2.24) is 5.32 Å². The van der Waals surface area contributed by atoms with E-state index in [1.807, 2.05) is 17.8 Å². The Labute approximate surface area is 113 Å². The minimum absolute atomic E-state index is 0.0741.